The summed E-state index contributed by atoms with van der Waals surface area (Å²) in [5.41, 5.74) is -1.25. The maximum atomic E-state index is 11.8. The quantitative estimate of drug-likeness (QED) is 0.170. The zero-order valence-corrected chi connectivity index (χ0v) is 29.4. The molecule has 0 spiro atoms. The number of hydrogen-bond donors (Lipinski definition) is 0. The van der Waals surface area contributed by atoms with Crippen LogP contribution in [0.2, 0.25) is 0 Å². The number of urea groups is 2. The first kappa shape index (κ1) is 40.6. The highest BCUT2D eigenvalue weighted by Crippen LogP contribution is 2.05. The molecule has 0 saturated heterocycles. The van der Waals surface area contributed by atoms with Gasteiger partial charge in [-0.3, -0.25) is 0 Å². The Kier molecular flexibility index (Phi) is 14.8. The molecule has 30 heteroatoms. The molecular weight excluding hydrogens is 744 g/mol. The minimum Gasteiger partial charge on any atom is -0.246 e. The van der Waals surface area contributed by atoms with Crippen LogP contribution in [0.3, 0.4) is 0 Å². The van der Waals surface area contributed by atoms with Crippen molar-refractivity contribution in [2.24, 2.45) is 20.9 Å². The fourth-order valence-electron chi connectivity index (χ4n) is 3.28. The standard InChI is InChI=1S/C12H18N8O6S.C10H14N8O6S/c1-3-5-17-11(21)19(15-13-17)7-9-25-27(23,24)26-10-8-20-12(22)18(6-4-2)14-16-20;1-3-5-15-9(19)17(13-11-15)7-23-25(21,22)24-8-18-10(20)16(6-4-2)12-14-18/h3-6H,7-10H2,1-2H3;3-6H,7-8H2,1-2H3/q2*+2/b2*5-3+,6-4+. The molecule has 2 aromatic rings. The number of rotatable bonds is 18. The summed E-state index contributed by atoms with van der Waals surface area (Å²) >= 11 is 0. The molecule has 0 aliphatic carbocycles. The van der Waals surface area contributed by atoms with Crippen molar-refractivity contribution in [2.45, 2.75) is 41.0 Å². The smallest absolute Gasteiger partial charge is 0.246 e. The zero-order chi connectivity index (χ0) is 38.3. The van der Waals surface area contributed by atoms with E-state index in [1.165, 1.54) is 24.8 Å². The Morgan fingerprint density at radius 3 is 1.67 bits per heavy atom. The van der Waals surface area contributed by atoms with E-state index in [1.54, 1.807) is 52.0 Å². The van der Waals surface area contributed by atoms with Gasteiger partial charge in [0.05, 0.1) is 13.2 Å². The van der Waals surface area contributed by atoms with Crippen LogP contribution in [0.1, 0.15) is 27.7 Å². The second kappa shape index (κ2) is 19.0. The van der Waals surface area contributed by atoms with Crippen LogP contribution < -0.4 is 11.4 Å². The predicted molar refractivity (Wildman–Crippen MR) is 163 cm³/mol. The number of carbonyl (C=O) groups excluding carboxylic acids is 2. The molecule has 4 heterocycles. The van der Waals surface area contributed by atoms with E-state index >= 15 is 0 Å². The first-order chi connectivity index (χ1) is 24.8. The van der Waals surface area contributed by atoms with Crippen molar-refractivity contribution < 1.29 is 61.9 Å². The van der Waals surface area contributed by atoms with Gasteiger partial charge in [-0.15, -0.1) is 0 Å². The first-order valence-electron chi connectivity index (χ1n) is 14.4. The van der Waals surface area contributed by atoms with E-state index in [1.807, 2.05) is 0 Å². The molecule has 0 N–H and O–H groups in total. The summed E-state index contributed by atoms with van der Waals surface area (Å²) < 4.78 is 71.8. The molecule has 0 fully saturated rings. The van der Waals surface area contributed by atoms with Crippen molar-refractivity contribution in [3.63, 3.8) is 0 Å². The van der Waals surface area contributed by atoms with Crippen LogP contribution in [0.25, 0.3) is 12.4 Å². The maximum Gasteiger partial charge on any atom is 0.640 e. The Morgan fingerprint density at radius 1 is 0.596 bits per heavy atom. The summed E-state index contributed by atoms with van der Waals surface area (Å²) in [7, 11) is -8.85. The summed E-state index contributed by atoms with van der Waals surface area (Å²) in [6.07, 6.45) is 11.7. The SMILES string of the molecule is C/C=C/n1nnn(CCOS(=O)(=O)OCC[N+]2=NN=[N+](/C=C/C)C2=O)c1=O.C/C=C/n1nnn(COS(=O)(=O)OC[N+]2=NN=[N+](/C=C/C)C2=O)c1=O. The van der Waals surface area contributed by atoms with Crippen LogP contribution >= 0.6 is 0 Å². The fourth-order valence-corrected chi connectivity index (χ4v) is 4.43. The van der Waals surface area contributed by atoms with Crippen LogP contribution in [-0.4, -0.2) is 114 Å². The van der Waals surface area contributed by atoms with Crippen molar-refractivity contribution in [3.05, 3.63) is 57.7 Å². The minimum atomic E-state index is -4.53. The average molecular weight is 777 g/mol. The Morgan fingerprint density at radius 2 is 1.10 bits per heavy atom. The van der Waals surface area contributed by atoms with E-state index in [0.29, 0.717) is 9.38 Å². The molecule has 0 saturated carbocycles. The lowest BCUT2D eigenvalue weighted by Gasteiger charge is -2.03. The molecular formula is C22H32N16O12S2+4. The van der Waals surface area contributed by atoms with Gasteiger partial charge in [-0.2, -0.15) is 49.3 Å². The lowest BCUT2D eigenvalue weighted by Crippen LogP contribution is -2.28. The second-order valence-corrected chi connectivity index (χ2v) is 11.7. The highest BCUT2D eigenvalue weighted by molar-refractivity contribution is 7.82. The van der Waals surface area contributed by atoms with Gasteiger partial charge in [-0.05, 0) is 60.7 Å². The Hall–Kier alpha value is -5.82. The normalized spacial score (nSPS) is 15.2. The third-order valence-corrected chi connectivity index (χ3v) is 7.20. The van der Waals surface area contributed by atoms with Crippen LogP contribution in [-0.2, 0) is 50.8 Å². The number of allylic oxidation sites excluding steroid dienone is 4. The summed E-state index contributed by atoms with van der Waals surface area (Å²) in [5, 5.41) is 28.1. The van der Waals surface area contributed by atoms with E-state index in [9.17, 15) is 36.0 Å². The molecule has 0 radical (unpaired) electrons. The number of nitrogens with zero attached hydrogens (tertiary/aromatic N) is 16. The maximum absolute atomic E-state index is 11.8. The topological polar surface area (TPSA) is 306 Å². The van der Waals surface area contributed by atoms with E-state index in [-0.39, 0.29) is 26.3 Å². The summed E-state index contributed by atoms with van der Waals surface area (Å²) in [4.78, 5) is 47.0. The number of amides is 4. The molecule has 28 nitrogen and oxygen atoms in total. The molecule has 0 bridgehead atoms. The van der Waals surface area contributed by atoms with Gasteiger partial charge in [0.25, 0.3) is 17.2 Å². The summed E-state index contributed by atoms with van der Waals surface area (Å²) in [6.45, 7) is 4.18. The van der Waals surface area contributed by atoms with Gasteiger partial charge in [0.1, 0.15) is 16.0 Å². The Balaban J connectivity index is 0.000000281. The van der Waals surface area contributed by atoms with Crippen LogP contribution in [0.15, 0.2) is 67.2 Å². The average Bonchev–Trinajstić information content (AvgIpc) is 3.84. The van der Waals surface area contributed by atoms with Crippen molar-refractivity contribution in [3.8, 4) is 0 Å². The number of aromatic nitrogens is 8. The van der Waals surface area contributed by atoms with Gasteiger partial charge in [0.15, 0.2) is 25.7 Å². The molecule has 2 aliphatic rings. The van der Waals surface area contributed by atoms with E-state index in [2.05, 4.69) is 58.5 Å². The van der Waals surface area contributed by atoms with Crippen LogP contribution in [0.5, 0.6) is 0 Å². The van der Waals surface area contributed by atoms with E-state index < -0.39 is 57.7 Å². The van der Waals surface area contributed by atoms with Gasteiger partial charge in [0, 0.05) is 21.8 Å². The van der Waals surface area contributed by atoms with Crippen LogP contribution in [0.4, 0.5) is 9.59 Å². The molecule has 0 aromatic carbocycles. The molecule has 0 atom stereocenters. The number of tetrazole rings is 2. The predicted octanol–water partition coefficient (Wildman–Crippen LogP) is -0.645. The molecule has 4 rings (SSSR count). The molecule has 280 valence electrons. The molecule has 4 amide bonds. The van der Waals surface area contributed by atoms with Crippen molar-refractivity contribution >= 4 is 45.3 Å². The van der Waals surface area contributed by atoms with Crippen molar-refractivity contribution in [1.82, 2.24) is 39.6 Å². The van der Waals surface area contributed by atoms with Crippen LogP contribution in [0, 0.1) is 0 Å². The van der Waals surface area contributed by atoms with Gasteiger partial charge in [-0.1, -0.05) is 12.2 Å². The van der Waals surface area contributed by atoms with Crippen molar-refractivity contribution in [1.29, 1.82) is 0 Å². The fraction of sp³-hybridized carbons (Fsp3) is 0.455. The molecule has 0 unspecified atom stereocenters. The Bertz CT molecular complexity index is 2220. The lowest BCUT2D eigenvalue weighted by atomic mass is 10.6. The zero-order valence-electron chi connectivity index (χ0n) is 27.7. The second-order valence-electron chi connectivity index (χ2n) is 9.15. The van der Waals surface area contributed by atoms with Gasteiger partial charge in [-0.25, -0.2) is 22.1 Å². The largest absolute Gasteiger partial charge is 0.640 e. The first-order valence-corrected chi connectivity index (χ1v) is 17.1. The number of carbonyl (C=O) groups is 2. The Labute approximate surface area is 292 Å². The highest BCUT2D eigenvalue weighted by atomic mass is 32.3. The van der Waals surface area contributed by atoms with Gasteiger partial charge < -0.3 is 0 Å². The van der Waals surface area contributed by atoms with Gasteiger partial charge in [0.2, 0.25) is 0 Å². The van der Waals surface area contributed by atoms with Gasteiger partial charge >= 0.3 is 54.7 Å². The minimum absolute atomic E-state index is 0.143. The molecule has 52 heavy (non-hydrogen) atoms. The van der Waals surface area contributed by atoms with E-state index in [4.69, 9.17) is 0 Å². The monoisotopic (exact) mass is 776 g/mol. The number of hydrogen-bond acceptors (Lipinski definition) is 20. The molecule has 2 aromatic heterocycles. The third kappa shape index (κ3) is 11.6. The third-order valence-electron chi connectivity index (χ3n) is 5.51. The lowest BCUT2D eigenvalue weighted by molar-refractivity contribution is -0.583. The summed E-state index contributed by atoms with van der Waals surface area (Å²) in [6, 6.07) is -1.25. The van der Waals surface area contributed by atoms with Crippen molar-refractivity contribution in [2.75, 3.05) is 26.5 Å². The highest BCUT2D eigenvalue weighted by Gasteiger charge is 2.41. The summed E-state index contributed by atoms with van der Waals surface area (Å²) in [5.74, 6) is 0. The van der Waals surface area contributed by atoms with E-state index in [0.717, 1.165) is 28.1 Å². The molecule has 2 aliphatic heterocycles.